The van der Waals surface area contributed by atoms with Gasteiger partial charge in [-0.25, -0.2) is 33.5 Å². The van der Waals surface area contributed by atoms with E-state index in [0.717, 1.165) is 6.92 Å². The molecule has 4 aliphatic rings. The van der Waals surface area contributed by atoms with Crippen molar-refractivity contribution in [3.63, 3.8) is 0 Å². The molecule has 1 aromatic rings. The van der Waals surface area contributed by atoms with E-state index in [1.54, 1.807) is 0 Å². The topological polar surface area (TPSA) is 643 Å². The fourth-order valence-electron chi connectivity index (χ4n) is 9.12. The van der Waals surface area contributed by atoms with Gasteiger partial charge in [-0.1, -0.05) is 11.3 Å². The molecule has 9 N–H and O–H groups in total. The first-order chi connectivity index (χ1) is 37.5. The van der Waals surface area contributed by atoms with E-state index in [0.29, 0.717) is 6.08 Å². The van der Waals surface area contributed by atoms with Crippen molar-refractivity contribution >= 4 is 93.5 Å². The fourth-order valence-corrected chi connectivity index (χ4v) is 13.7. The van der Waals surface area contributed by atoms with Crippen LogP contribution in [0.2, 0.25) is 0 Å². The second kappa shape index (κ2) is 27.1. The second-order valence-corrected chi connectivity index (χ2v) is 27.6. The van der Waals surface area contributed by atoms with Crippen LogP contribution in [0.25, 0.3) is 0 Å². The minimum atomic E-state index is -6.08. The summed E-state index contributed by atoms with van der Waals surface area (Å²) in [7, 11) is -50.0. The van der Waals surface area contributed by atoms with Gasteiger partial charge in [0.15, 0.2) is 12.6 Å². The van der Waals surface area contributed by atoms with Gasteiger partial charge in [-0.2, -0.15) is 80.1 Å². The molecule has 83 heavy (non-hydrogen) atoms. The van der Waals surface area contributed by atoms with Gasteiger partial charge in [0.1, 0.15) is 48.4 Å². The van der Waals surface area contributed by atoms with Gasteiger partial charge in [0.05, 0.1) is 57.0 Å². The zero-order valence-corrected chi connectivity index (χ0v) is 48.7. The Morgan fingerprint density at radius 2 is 1.04 bits per heavy atom. The van der Waals surface area contributed by atoms with E-state index in [1.165, 1.54) is 17.9 Å². The number of ether oxygens (including phenoxy) is 5. The fraction of sp³-hybridized carbons (Fsp3) is 0.867. The normalized spacial score (nSPS) is 31.4. The highest BCUT2D eigenvalue weighted by Crippen LogP contribution is 2.40. The quantitative estimate of drug-likeness (QED) is 0.0267. The number of aromatic nitrogens is 3. The molecule has 1 saturated carbocycles. The first-order valence-corrected chi connectivity index (χ1v) is 34.5. The molecule has 0 spiro atoms. The third-order valence-corrected chi connectivity index (χ3v) is 16.4. The van der Waals surface area contributed by atoms with Gasteiger partial charge < -0.3 is 23.7 Å². The van der Waals surface area contributed by atoms with Crippen molar-refractivity contribution in [3.8, 4) is 0 Å². The summed E-state index contributed by atoms with van der Waals surface area (Å²) in [5.41, 5.74) is -0.927. The Morgan fingerprint density at radius 3 is 1.54 bits per heavy atom. The zero-order chi connectivity index (χ0) is 62.9. The van der Waals surface area contributed by atoms with Crippen LogP contribution in [0.4, 0.5) is 0 Å². The van der Waals surface area contributed by atoms with Crippen LogP contribution in [0.15, 0.2) is 17.8 Å². The molecule has 0 aromatic carbocycles. The summed E-state index contributed by atoms with van der Waals surface area (Å²) in [4.78, 5) is 0. The van der Waals surface area contributed by atoms with Crippen molar-refractivity contribution in [2.45, 2.75) is 131 Å². The van der Waals surface area contributed by atoms with Crippen molar-refractivity contribution < 1.29 is 174 Å². The molecule has 53 heteroatoms. The number of nitrogens with zero attached hydrogens (tertiary/aromatic N) is 4. The van der Waals surface area contributed by atoms with Crippen LogP contribution in [0.3, 0.4) is 0 Å². The van der Waals surface area contributed by atoms with Crippen molar-refractivity contribution in [1.82, 2.24) is 19.3 Å². The van der Waals surface area contributed by atoms with E-state index in [2.05, 4.69) is 31.2 Å². The minimum Gasteiger partial charge on any atom is -0.372 e. The van der Waals surface area contributed by atoms with Gasteiger partial charge in [0.2, 0.25) is 0 Å². The molecule has 2 aliphatic heterocycles. The van der Waals surface area contributed by atoms with E-state index in [-0.39, 0.29) is 16.6 Å². The summed E-state index contributed by atoms with van der Waals surface area (Å²) in [6.07, 6.45) is -30.0. The van der Waals surface area contributed by atoms with Gasteiger partial charge in [-0.05, 0) is 25.3 Å². The van der Waals surface area contributed by atoms with E-state index in [1.807, 2.05) is 0 Å². The molecule has 3 fully saturated rings. The lowest BCUT2D eigenvalue weighted by molar-refractivity contribution is -0.321. The van der Waals surface area contributed by atoms with Crippen LogP contribution in [0.5, 0.6) is 0 Å². The molecule has 0 radical (unpaired) electrons. The van der Waals surface area contributed by atoms with E-state index >= 15 is 0 Å². The van der Waals surface area contributed by atoms with E-state index in [4.69, 9.17) is 36.2 Å². The Balaban J connectivity index is 1.56. The molecule has 484 valence electrons. The standard InChI is InChI=1S/C30H50N4O40S9/c1-14-27(34(75(35,36)37)18-3-15(10-63-76(38,39)40)29(74-83(59,60)61)21(5-18)71-80(50,51)52)20(70-79(47,48)49)7-25(66-14)69-30-23(73-82(56,57)58)8-26(67-24(30)13-65-78(44,45)46)68-28-16(11-64-77(41,42)43)4-19(6-22(28)72-81(53,54)55)62-12-17-9-33(2)32-31-17/h3,9,14,16,18-30H,4-8,10-13H2,1-2H3,(H,35,36,37)(H,38,39,40)(H,41,42,43)(H,44,45,46)(H,47,48,49)(H,50,51,52)(H,53,54,55)(H,56,57,58)(H,59,60,61)/t14-,16-,18+,19-,20-,21-,22-,23-,24-,25-,26-,27-,28-,29?,30+/m1/s1. The van der Waals surface area contributed by atoms with Gasteiger partial charge >= 0.3 is 93.5 Å². The molecule has 44 nitrogen and oxygen atoms in total. The van der Waals surface area contributed by atoms with Crippen LogP contribution >= 0.6 is 0 Å². The summed E-state index contributed by atoms with van der Waals surface area (Å²) in [6, 6.07) is -4.89. The van der Waals surface area contributed by atoms with Crippen molar-refractivity contribution in [2.75, 3.05) is 19.8 Å². The van der Waals surface area contributed by atoms with Crippen LogP contribution in [0.1, 0.15) is 44.7 Å². The smallest absolute Gasteiger partial charge is 0.372 e. The minimum absolute atomic E-state index is 0.199. The Labute approximate surface area is 471 Å². The third-order valence-electron chi connectivity index (χ3n) is 11.6. The maximum Gasteiger partial charge on any atom is 0.398 e. The van der Waals surface area contributed by atoms with Crippen molar-refractivity contribution in [1.29, 1.82) is 0 Å². The predicted molar refractivity (Wildman–Crippen MR) is 253 cm³/mol. The number of hydrogen-bond acceptors (Lipinski definition) is 33. The zero-order valence-electron chi connectivity index (χ0n) is 41.3. The van der Waals surface area contributed by atoms with Crippen LogP contribution in [-0.2, 0) is 164 Å². The third kappa shape index (κ3) is 24.2. The van der Waals surface area contributed by atoms with Crippen LogP contribution < -0.4 is 0 Å². The van der Waals surface area contributed by atoms with Crippen LogP contribution in [0, 0.1) is 5.92 Å². The molecular weight excluding hydrogens is 1340 g/mol. The lowest BCUT2D eigenvalue weighted by Crippen LogP contribution is -2.63. The number of hydrogen-bond donors (Lipinski definition) is 9. The largest absolute Gasteiger partial charge is 0.398 e. The second-order valence-electron chi connectivity index (χ2n) is 17.7. The molecule has 2 aliphatic carbocycles. The monoisotopic (exact) mass is 1390 g/mol. The Kier molecular flexibility index (Phi) is 23.3. The average Bonchev–Trinajstić information content (AvgIpc) is 2.06. The lowest BCUT2D eigenvalue weighted by Gasteiger charge is -2.48. The molecule has 3 heterocycles. The van der Waals surface area contributed by atoms with E-state index in [9.17, 15) is 117 Å². The molecular formula is C30H50N4O40S9. The maximum absolute atomic E-state index is 13.4. The van der Waals surface area contributed by atoms with E-state index < -0.39 is 243 Å². The Morgan fingerprint density at radius 1 is 0.554 bits per heavy atom. The first-order valence-electron chi connectivity index (χ1n) is 22.2. The summed E-state index contributed by atoms with van der Waals surface area (Å²) in [5, 5.41) is 7.51. The van der Waals surface area contributed by atoms with Crippen molar-refractivity contribution in [3.05, 3.63) is 23.5 Å². The molecule has 15 atom stereocenters. The molecule has 0 bridgehead atoms. The maximum atomic E-state index is 13.4. The van der Waals surface area contributed by atoms with Gasteiger partial charge in [0, 0.05) is 38.3 Å². The molecule has 0 amide bonds. The molecule has 5 rings (SSSR count). The molecule has 1 aromatic heterocycles. The first kappa shape index (κ1) is 71.3. The number of aryl methyl sites for hydroxylation is 1. The highest BCUT2D eigenvalue weighted by Gasteiger charge is 2.54. The molecule has 1 unspecified atom stereocenters. The van der Waals surface area contributed by atoms with Gasteiger partial charge in [0.25, 0.3) is 0 Å². The Bertz CT molecular complexity index is 3530. The van der Waals surface area contributed by atoms with Crippen LogP contribution in [-0.4, -0.2) is 242 Å². The average molecular weight is 1400 g/mol. The Hall–Kier alpha value is -2.49. The highest BCUT2D eigenvalue weighted by molar-refractivity contribution is 7.83. The summed E-state index contributed by atoms with van der Waals surface area (Å²) >= 11 is 0. The van der Waals surface area contributed by atoms with Crippen molar-refractivity contribution in [2.24, 2.45) is 13.0 Å². The lowest BCUT2D eigenvalue weighted by atomic mass is 9.82. The molecule has 2 saturated heterocycles. The SMILES string of the molecule is C[C@H]1O[C@H](O[C@@H]2[C@@H](COS(=O)(=O)O)O[C@H](O[C@@H]3[C@@H](COS(=O)(=O)O)C[C@@H](OCc4cn(C)nn4)C[C@H]3OS(=O)(=O)O)C[C@H]2OS(=O)(=O)O)C[C@@H](OS(=O)(=O)O)[C@@H]1N([C@H]1C=C(COS(=O)(=O)O)C(OS(=O)(=O)O)[C@H](OS(=O)(=O)O)C1)S(=O)(=O)O. The van der Waals surface area contributed by atoms with Gasteiger partial charge in [-0.15, -0.1) is 5.10 Å². The summed E-state index contributed by atoms with van der Waals surface area (Å²) < 4.78 is 372. The summed E-state index contributed by atoms with van der Waals surface area (Å²) in [6.45, 7) is -3.93. The highest BCUT2D eigenvalue weighted by atomic mass is 32.3. The predicted octanol–water partition coefficient (Wildman–Crippen LogP) is -5.30. The summed E-state index contributed by atoms with van der Waals surface area (Å²) in [5.74, 6) is -1.56. The van der Waals surface area contributed by atoms with Gasteiger partial charge in [-0.3, -0.25) is 45.7 Å². The number of rotatable bonds is 29.